The van der Waals surface area contributed by atoms with Gasteiger partial charge in [-0.15, -0.1) is 0 Å². The molecule has 0 aromatic carbocycles. The van der Waals surface area contributed by atoms with E-state index in [1.54, 1.807) is 13.0 Å². The first-order chi connectivity index (χ1) is 6.76. The number of aromatic nitrogens is 1. The minimum atomic E-state index is -0.551. The lowest BCUT2D eigenvalue weighted by atomic mass is 10.3. The summed E-state index contributed by atoms with van der Waals surface area (Å²) in [7, 11) is 0. The molecule has 0 saturated carbocycles. The largest absolute Gasteiger partial charge is 0.450 e. The molecule has 1 aromatic heterocycles. The van der Waals surface area contributed by atoms with Gasteiger partial charge in [0.25, 0.3) is 0 Å². The minimum Gasteiger partial charge on any atom is -0.450 e. The standard InChI is InChI=1S/C9H9N3O2/c1-2-14-9(13)12-8-4-3-7(5-10)6-11-8/h3-4,6H,2H2,1H3,(H,11,12,13). The predicted octanol–water partition coefficient (Wildman–Crippen LogP) is 1.52. The number of pyridine rings is 1. The molecular weight excluding hydrogens is 182 g/mol. The maximum Gasteiger partial charge on any atom is 0.412 e. The van der Waals surface area contributed by atoms with Crippen molar-refractivity contribution in [3.63, 3.8) is 0 Å². The first kappa shape index (κ1) is 9.99. The molecule has 14 heavy (non-hydrogen) atoms. The van der Waals surface area contributed by atoms with Gasteiger partial charge in [0.1, 0.15) is 11.9 Å². The predicted molar refractivity (Wildman–Crippen MR) is 49.6 cm³/mol. The van der Waals surface area contributed by atoms with Crippen LogP contribution in [0.25, 0.3) is 0 Å². The fourth-order valence-corrected chi connectivity index (χ4v) is 0.806. The molecule has 5 heteroatoms. The van der Waals surface area contributed by atoms with Crippen LogP contribution in [-0.2, 0) is 4.74 Å². The van der Waals surface area contributed by atoms with E-state index in [2.05, 4.69) is 15.0 Å². The van der Waals surface area contributed by atoms with Gasteiger partial charge in [0.2, 0.25) is 0 Å². The Hall–Kier alpha value is -2.09. The van der Waals surface area contributed by atoms with E-state index >= 15 is 0 Å². The summed E-state index contributed by atoms with van der Waals surface area (Å²) in [6.07, 6.45) is 0.825. The summed E-state index contributed by atoms with van der Waals surface area (Å²) in [5, 5.41) is 10.9. The van der Waals surface area contributed by atoms with E-state index in [4.69, 9.17) is 5.26 Å². The Kier molecular flexibility index (Phi) is 3.44. The molecule has 1 aromatic rings. The summed E-state index contributed by atoms with van der Waals surface area (Å²) in [6.45, 7) is 2.02. The van der Waals surface area contributed by atoms with Gasteiger partial charge in [-0.05, 0) is 19.1 Å². The number of nitriles is 1. The molecule has 1 N–H and O–H groups in total. The van der Waals surface area contributed by atoms with E-state index in [0.29, 0.717) is 18.0 Å². The minimum absolute atomic E-state index is 0.308. The Labute approximate surface area is 81.3 Å². The Bertz CT molecular complexity index is 353. The molecule has 5 nitrogen and oxygen atoms in total. The summed E-state index contributed by atoms with van der Waals surface area (Å²) in [5.74, 6) is 0.363. The van der Waals surface area contributed by atoms with Crippen molar-refractivity contribution in [3.05, 3.63) is 23.9 Å². The SMILES string of the molecule is CCOC(=O)Nc1ccc(C#N)cn1. The molecule has 0 spiro atoms. The fourth-order valence-electron chi connectivity index (χ4n) is 0.806. The molecule has 0 atom stereocenters. The zero-order valence-electron chi connectivity index (χ0n) is 7.65. The molecule has 1 rings (SSSR count). The molecule has 0 saturated heterocycles. The number of hydrogen-bond donors (Lipinski definition) is 1. The number of anilines is 1. The van der Waals surface area contributed by atoms with Crippen LogP contribution in [0, 0.1) is 11.3 Å². The van der Waals surface area contributed by atoms with E-state index < -0.39 is 6.09 Å². The summed E-state index contributed by atoms with van der Waals surface area (Å²) < 4.78 is 4.65. The Balaban J connectivity index is 2.61. The van der Waals surface area contributed by atoms with Crippen LogP contribution in [-0.4, -0.2) is 17.7 Å². The van der Waals surface area contributed by atoms with Crippen molar-refractivity contribution in [2.75, 3.05) is 11.9 Å². The highest BCUT2D eigenvalue weighted by atomic mass is 16.5. The summed E-state index contributed by atoms with van der Waals surface area (Å²) in [4.78, 5) is 14.8. The van der Waals surface area contributed by atoms with Crippen molar-refractivity contribution < 1.29 is 9.53 Å². The van der Waals surface area contributed by atoms with Crippen LogP contribution >= 0.6 is 0 Å². The number of hydrogen-bond acceptors (Lipinski definition) is 4. The zero-order chi connectivity index (χ0) is 10.4. The zero-order valence-corrected chi connectivity index (χ0v) is 7.65. The normalized spacial score (nSPS) is 8.86. The first-order valence-corrected chi connectivity index (χ1v) is 4.06. The van der Waals surface area contributed by atoms with Gasteiger partial charge < -0.3 is 4.74 Å². The van der Waals surface area contributed by atoms with Gasteiger partial charge in [0.15, 0.2) is 0 Å². The van der Waals surface area contributed by atoms with Crippen molar-refractivity contribution in [2.24, 2.45) is 0 Å². The first-order valence-electron chi connectivity index (χ1n) is 4.06. The highest BCUT2D eigenvalue weighted by Crippen LogP contribution is 2.04. The van der Waals surface area contributed by atoms with Crippen LogP contribution in [0.3, 0.4) is 0 Å². The number of carbonyl (C=O) groups excluding carboxylic acids is 1. The third-order valence-corrected chi connectivity index (χ3v) is 1.40. The van der Waals surface area contributed by atoms with E-state index in [1.807, 2.05) is 6.07 Å². The third-order valence-electron chi connectivity index (χ3n) is 1.40. The van der Waals surface area contributed by atoms with E-state index in [9.17, 15) is 4.79 Å². The average molecular weight is 191 g/mol. The van der Waals surface area contributed by atoms with Crippen molar-refractivity contribution >= 4 is 11.9 Å². The van der Waals surface area contributed by atoms with Crippen molar-refractivity contribution in [2.45, 2.75) is 6.92 Å². The Morgan fingerprint density at radius 2 is 2.50 bits per heavy atom. The van der Waals surface area contributed by atoms with Gasteiger partial charge in [0, 0.05) is 6.20 Å². The maximum atomic E-state index is 10.9. The van der Waals surface area contributed by atoms with Gasteiger partial charge in [-0.25, -0.2) is 9.78 Å². The van der Waals surface area contributed by atoms with Crippen LogP contribution in [0.4, 0.5) is 10.6 Å². The molecule has 1 amide bonds. The third kappa shape index (κ3) is 2.75. The monoisotopic (exact) mass is 191 g/mol. The second-order valence-electron chi connectivity index (χ2n) is 2.39. The molecule has 0 bridgehead atoms. The topological polar surface area (TPSA) is 75.0 Å². The highest BCUT2D eigenvalue weighted by molar-refractivity contribution is 5.83. The maximum absolute atomic E-state index is 10.9. The van der Waals surface area contributed by atoms with Crippen molar-refractivity contribution in [3.8, 4) is 6.07 Å². The quantitative estimate of drug-likeness (QED) is 0.768. The smallest absolute Gasteiger partial charge is 0.412 e. The van der Waals surface area contributed by atoms with E-state index in [0.717, 1.165) is 0 Å². The molecule has 0 aliphatic heterocycles. The lowest BCUT2D eigenvalue weighted by Crippen LogP contribution is -2.14. The number of carbonyl (C=O) groups is 1. The van der Waals surface area contributed by atoms with Crippen LogP contribution in [0.15, 0.2) is 18.3 Å². The number of ether oxygens (including phenoxy) is 1. The summed E-state index contributed by atoms with van der Waals surface area (Å²) >= 11 is 0. The van der Waals surface area contributed by atoms with Gasteiger partial charge in [-0.2, -0.15) is 5.26 Å². The van der Waals surface area contributed by atoms with Gasteiger partial charge in [-0.3, -0.25) is 5.32 Å². The number of rotatable bonds is 2. The van der Waals surface area contributed by atoms with Crippen LogP contribution in [0.5, 0.6) is 0 Å². The van der Waals surface area contributed by atoms with E-state index in [-0.39, 0.29) is 0 Å². The molecule has 0 radical (unpaired) electrons. The van der Waals surface area contributed by atoms with E-state index in [1.165, 1.54) is 12.3 Å². The second kappa shape index (κ2) is 4.82. The number of nitrogens with one attached hydrogen (secondary N) is 1. The van der Waals surface area contributed by atoms with Gasteiger partial charge >= 0.3 is 6.09 Å². The summed E-state index contributed by atoms with van der Waals surface area (Å²) in [5.41, 5.74) is 0.444. The molecule has 0 unspecified atom stereocenters. The van der Waals surface area contributed by atoms with Crippen LogP contribution < -0.4 is 5.32 Å². The molecule has 0 fully saturated rings. The average Bonchev–Trinajstić information content (AvgIpc) is 2.19. The molecule has 0 aliphatic rings. The van der Waals surface area contributed by atoms with Crippen molar-refractivity contribution in [1.29, 1.82) is 5.26 Å². The molecule has 1 heterocycles. The summed E-state index contributed by atoms with van der Waals surface area (Å²) in [6, 6.07) is 5.03. The van der Waals surface area contributed by atoms with Gasteiger partial charge in [0.05, 0.1) is 12.2 Å². The Morgan fingerprint density at radius 3 is 3.00 bits per heavy atom. The molecule has 0 aliphatic carbocycles. The van der Waals surface area contributed by atoms with Crippen LogP contribution in [0.1, 0.15) is 12.5 Å². The molecular formula is C9H9N3O2. The molecule has 72 valence electrons. The lowest BCUT2D eigenvalue weighted by molar-refractivity contribution is 0.168. The number of amides is 1. The highest BCUT2D eigenvalue weighted by Gasteiger charge is 2.01. The van der Waals surface area contributed by atoms with Crippen LogP contribution in [0.2, 0.25) is 0 Å². The Morgan fingerprint density at radius 1 is 1.71 bits per heavy atom. The lowest BCUT2D eigenvalue weighted by Gasteiger charge is -2.03. The fraction of sp³-hybridized carbons (Fsp3) is 0.222. The second-order valence-corrected chi connectivity index (χ2v) is 2.39. The number of nitrogens with zero attached hydrogens (tertiary/aromatic N) is 2. The van der Waals surface area contributed by atoms with Gasteiger partial charge in [-0.1, -0.05) is 0 Å². The van der Waals surface area contributed by atoms with Crippen molar-refractivity contribution in [1.82, 2.24) is 4.98 Å².